The number of ether oxygens (including phenoxy) is 1. The standard InChI is InChI=1S/C15H21N3O4/c1-8(2)17-12(20)10-11-13(21)18(6-9(16)19)7-15(11)5-4-14(10,3)22-15/h4-5,8,10-11H,6-7H2,1-3H3,(H2,16,19)(H,17,20)/t10-,11+,14-,15-/m1/s1. The Morgan fingerprint density at radius 3 is 2.77 bits per heavy atom. The molecule has 0 aromatic carbocycles. The lowest BCUT2D eigenvalue weighted by molar-refractivity contribution is -0.140. The third-order valence-corrected chi connectivity index (χ3v) is 4.66. The lowest BCUT2D eigenvalue weighted by Gasteiger charge is -2.29. The summed E-state index contributed by atoms with van der Waals surface area (Å²) < 4.78 is 6.08. The van der Waals surface area contributed by atoms with E-state index in [0.29, 0.717) is 0 Å². The van der Waals surface area contributed by atoms with Crippen molar-refractivity contribution >= 4 is 17.7 Å². The van der Waals surface area contributed by atoms with Crippen LogP contribution < -0.4 is 11.1 Å². The number of amides is 3. The van der Waals surface area contributed by atoms with E-state index >= 15 is 0 Å². The van der Waals surface area contributed by atoms with Crippen LogP contribution in [-0.2, 0) is 19.1 Å². The van der Waals surface area contributed by atoms with Gasteiger partial charge in [0.1, 0.15) is 5.60 Å². The Kier molecular flexibility index (Phi) is 3.11. The molecule has 3 rings (SSSR count). The predicted molar refractivity (Wildman–Crippen MR) is 77.4 cm³/mol. The minimum absolute atomic E-state index is 0.0200. The Morgan fingerprint density at radius 1 is 1.50 bits per heavy atom. The summed E-state index contributed by atoms with van der Waals surface area (Å²) in [5.74, 6) is -2.19. The number of primary amides is 1. The maximum atomic E-state index is 12.7. The Bertz CT molecular complexity index is 587. The predicted octanol–water partition coefficient (Wildman–Crippen LogP) is -0.832. The van der Waals surface area contributed by atoms with Gasteiger partial charge in [0.15, 0.2) is 0 Å². The molecular weight excluding hydrogens is 286 g/mol. The van der Waals surface area contributed by atoms with E-state index in [9.17, 15) is 14.4 Å². The molecule has 3 aliphatic rings. The number of likely N-dealkylation sites (tertiary alicyclic amines) is 1. The summed E-state index contributed by atoms with van der Waals surface area (Å²) in [6.07, 6.45) is 3.71. The summed E-state index contributed by atoms with van der Waals surface area (Å²) in [5, 5.41) is 2.87. The molecule has 0 saturated carbocycles. The number of carbonyl (C=O) groups is 3. The van der Waals surface area contributed by atoms with Crippen molar-refractivity contribution in [1.82, 2.24) is 10.2 Å². The highest BCUT2D eigenvalue weighted by molar-refractivity contribution is 5.95. The Morgan fingerprint density at radius 2 is 2.18 bits per heavy atom. The molecule has 7 nitrogen and oxygen atoms in total. The Hall–Kier alpha value is -1.89. The number of hydrogen-bond acceptors (Lipinski definition) is 4. The molecule has 7 heteroatoms. The number of fused-ring (bicyclic) bond motifs is 1. The van der Waals surface area contributed by atoms with E-state index in [2.05, 4.69) is 5.32 Å². The number of nitrogens with two attached hydrogens (primary N) is 1. The van der Waals surface area contributed by atoms with Crippen LogP contribution in [0.15, 0.2) is 12.2 Å². The second kappa shape index (κ2) is 4.55. The molecule has 0 aromatic heterocycles. The zero-order valence-electron chi connectivity index (χ0n) is 13.0. The van der Waals surface area contributed by atoms with Crippen molar-refractivity contribution in [2.75, 3.05) is 13.1 Å². The molecule has 2 fully saturated rings. The van der Waals surface area contributed by atoms with Crippen LogP contribution in [0.25, 0.3) is 0 Å². The van der Waals surface area contributed by atoms with E-state index in [1.807, 2.05) is 32.9 Å². The summed E-state index contributed by atoms with van der Waals surface area (Å²) in [5.41, 5.74) is 3.60. The molecule has 0 unspecified atom stereocenters. The van der Waals surface area contributed by atoms with E-state index in [-0.39, 0.29) is 30.9 Å². The van der Waals surface area contributed by atoms with Crippen LogP contribution in [0, 0.1) is 11.8 Å². The maximum absolute atomic E-state index is 12.7. The van der Waals surface area contributed by atoms with Gasteiger partial charge in [-0.2, -0.15) is 0 Å². The van der Waals surface area contributed by atoms with Gasteiger partial charge >= 0.3 is 0 Å². The monoisotopic (exact) mass is 307 g/mol. The molecule has 2 saturated heterocycles. The zero-order chi connectivity index (χ0) is 16.3. The molecule has 0 aliphatic carbocycles. The molecule has 0 aromatic rings. The quantitative estimate of drug-likeness (QED) is 0.662. The first kappa shape index (κ1) is 15.0. The van der Waals surface area contributed by atoms with Gasteiger partial charge in [0.05, 0.1) is 30.5 Å². The first-order chi connectivity index (χ1) is 10.2. The SMILES string of the molecule is CC(C)NC(=O)[C@H]1[C@H]2C(=O)N(CC(N)=O)C[C@]23C=C[C@@]1(C)O3. The van der Waals surface area contributed by atoms with Crippen molar-refractivity contribution in [2.24, 2.45) is 17.6 Å². The molecule has 4 atom stereocenters. The number of hydrogen-bond donors (Lipinski definition) is 2. The van der Waals surface area contributed by atoms with Crippen LogP contribution in [0.3, 0.4) is 0 Å². The molecule has 120 valence electrons. The molecular formula is C15H21N3O4. The fourth-order valence-electron chi connectivity index (χ4n) is 3.95. The van der Waals surface area contributed by atoms with Gasteiger partial charge in [-0.1, -0.05) is 12.2 Å². The highest BCUT2D eigenvalue weighted by atomic mass is 16.5. The van der Waals surface area contributed by atoms with E-state index in [0.717, 1.165) is 0 Å². The van der Waals surface area contributed by atoms with Gasteiger partial charge in [0.25, 0.3) is 0 Å². The number of carbonyl (C=O) groups excluding carboxylic acids is 3. The van der Waals surface area contributed by atoms with Gasteiger partial charge in [-0.05, 0) is 20.8 Å². The second-order valence-electron chi connectivity index (χ2n) is 6.85. The highest BCUT2D eigenvalue weighted by Gasteiger charge is 2.71. The van der Waals surface area contributed by atoms with Crippen LogP contribution >= 0.6 is 0 Å². The summed E-state index contributed by atoms with van der Waals surface area (Å²) >= 11 is 0. The van der Waals surface area contributed by atoms with Gasteiger partial charge in [0.2, 0.25) is 17.7 Å². The molecule has 3 aliphatic heterocycles. The van der Waals surface area contributed by atoms with Crippen molar-refractivity contribution in [1.29, 1.82) is 0 Å². The molecule has 2 bridgehead atoms. The minimum atomic E-state index is -0.819. The van der Waals surface area contributed by atoms with Gasteiger partial charge in [-0.3, -0.25) is 14.4 Å². The topological polar surface area (TPSA) is 102 Å². The molecule has 0 radical (unpaired) electrons. The summed E-state index contributed by atoms with van der Waals surface area (Å²) in [6, 6.07) is -0.0200. The fourth-order valence-corrected chi connectivity index (χ4v) is 3.95. The highest BCUT2D eigenvalue weighted by Crippen LogP contribution is 2.57. The second-order valence-corrected chi connectivity index (χ2v) is 6.85. The van der Waals surface area contributed by atoms with Crippen LogP contribution in [0.4, 0.5) is 0 Å². The van der Waals surface area contributed by atoms with Crippen molar-refractivity contribution in [3.05, 3.63) is 12.2 Å². The molecule has 3 heterocycles. The average molecular weight is 307 g/mol. The van der Waals surface area contributed by atoms with E-state index in [1.165, 1.54) is 4.90 Å². The lowest BCUT2D eigenvalue weighted by atomic mass is 9.72. The van der Waals surface area contributed by atoms with E-state index < -0.39 is 28.9 Å². The maximum Gasteiger partial charge on any atom is 0.237 e. The van der Waals surface area contributed by atoms with Gasteiger partial charge < -0.3 is 20.7 Å². The van der Waals surface area contributed by atoms with Crippen molar-refractivity contribution in [2.45, 2.75) is 38.0 Å². The Labute approximate surface area is 128 Å². The summed E-state index contributed by atoms with van der Waals surface area (Å²) in [4.78, 5) is 37.8. The third-order valence-electron chi connectivity index (χ3n) is 4.66. The number of rotatable bonds is 4. The van der Waals surface area contributed by atoms with Crippen LogP contribution in [0.1, 0.15) is 20.8 Å². The molecule has 22 heavy (non-hydrogen) atoms. The first-order valence-corrected chi connectivity index (χ1v) is 7.46. The van der Waals surface area contributed by atoms with Gasteiger partial charge in [0, 0.05) is 6.04 Å². The molecule has 3 amide bonds. The van der Waals surface area contributed by atoms with Crippen molar-refractivity contribution < 1.29 is 19.1 Å². The third kappa shape index (κ3) is 1.95. The van der Waals surface area contributed by atoms with E-state index in [4.69, 9.17) is 10.5 Å². The zero-order valence-corrected chi connectivity index (χ0v) is 13.0. The number of nitrogens with one attached hydrogen (secondary N) is 1. The number of nitrogens with zero attached hydrogens (tertiary/aromatic N) is 1. The van der Waals surface area contributed by atoms with Crippen molar-refractivity contribution in [3.8, 4) is 0 Å². The van der Waals surface area contributed by atoms with Crippen LogP contribution in [-0.4, -0.2) is 53.0 Å². The van der Waals surface area contributed by atoms with Gasteiger partial charge in [-0.25, -0.2) is 0 Å². The van der Waals surface area contributed by atoms with Crippen LogP contribution in [0.2, 0.25) is 0 Å². The fraction of sp³-hybridized carbons (Fsp3) is 0.667. The van der Waals surface area contributed by atoms with E-state index in [1.54, 1.807) is 0 Å². The van der Waals surface area contributed by atoms with Crippen molar-refractivity contribution in [3.63, 3.8) is 0 Å². The normalized spacial score (nSPS) is 38.7. The lowest BCUT2D eigenvalue weighted by Crippen LogP contribution is -2.49. The summed E-state index contributed by atoms with van der Waals surface area (Å²) in [6.45, 7) is 5.68. The Balaban J connectivity index is 1.93. The summed E-state index contributed by atoms with van der Waals surface area (Å²) in [7, 11) is 0. The molecule has 1 spiro atoms. The first-order valence-electron chi connectivity index (χ1n) is 7.46. The molecule has 3 N–H and O–H groups in total. The van der Waals surface area contributed by atoms with Gasteiger partial charge in [-0.15, -0.1) is 0 Å². The minimum Gasteiger partial charge on any atom is -0.368 e. The smallest absolute Gasteiger partial charge is 0.237 e. The van der Waals surface area contributed by atoms with Crippen LogP contribution in [0.5, 0.6) is 0 Å². The average Bonchev–Trinajstić information content (AvgIpc) is 2.91. The largest absolute Gasteiger partial charge is 0.368 e.